The molecule has 0 unspecified atom stereocenters. The van der Waals surface area contributed by atoms with Gasteiger partial charge < -0.3 is 19.5 Å². The molecule has 0 aliphatic heterocycles. The quantitative estimate of drug-likeness (QED) is 0.142. The Morgan fingerprint density at radius 3 is 2.24 bits per heavy atom. The number of para-hydroxylation sites is 1. The number of anilines is 2. The van der Waals surface area contributed by atoms with E-state index in [9.17, 15) is 10.1 Å². The SMILES string of the molecule is COc1cc(Nc2nc(SCc3ccc([N+](=O)[O-])cc3)nc3ccccc23)cc(OC)c1OC. The Morgan fingerprint density at radius 2 is 1.62 bits per heavy atom. The number of nitro benzene ring substituents is 1. The van der Waals surface area contributed by atoms with Crippen molar-refractivity contribution in [3.05, 3.63) is 76.3 Å². The number of rotatable bonds is 9. The van der Waals surface area contributed by atoms with Crippen molar-refractivity contribution < 1.29 is 19.1 Å². The number of benzene rings is 3. The van der Waals surface area contributed by atoms with Crippen LogP contribution in [0, 0.1) is 10.1 Å². The third-order valence-electron chi connectivity index (χ3n) is 5.03. The number of methoxy groups -OCH3 is 3. The van der Waals surface area contributed by atoms with Gasteiger partial charge in [-0.3, -0.25) is 10.1 Å². The minimum absolute atomic E-state index is 0.0625. The van der Waals surface area contributed by atoms with Gasteiger partial charge in [0, 0.05) is 41.1 Å². The van der Waals surface area contributed by atoms with Crippen molar-refractivity contribution in [1.29, 1.82) is 0 Å². The van der Waals surface area contributed by atoms with Crippen LogP contribution in [0.3, 0.4) is 0 Å². The zero-order valence-electron chi connectivity index (χ0n) is 18.8. The van der Waals surface area contributed by atoms with Gasteiger partial charge in [-0.15, -0.1) is 0 Å². The lowest BCUT2D eigenvalue weighted by Crippen LogP contribution is -2.01. The van der Waals surface area contributed by atoms with Gasteiger partial charge >= 0.3 is 0 Å². The summed E-state index contributed by atoms with van der Waals surface area (Å²) in [6.45, 7) is 0. The van der Waals surface area contributed by atoms with E-state index < -0.39 is 4.92 Å². The summed E-state index contributed by atoms with van der Waals surface area (Å²) in [5.41, 5.74) is 2.50. The van der Waals surface area contributed by atoms with Gasteiger partial charge in [0.05, 0.1) is 31.8 Å². The Labute approximate surface area is 200 Å². The largest absolute Gasteiger partial charge is 0.493 e. The highest BCUT2D eigenvalue weighted by Crippen LogP contribution is 2.41. The van der Waals surface area contributed by atoms with Crippen LogP contribution in [0.2, 0.25) is 0 Å². The molecule has 4 rings (SSSR count). The maximum Gasteiger partial charge on any atom is 0.269 e. The first-order chi connectivity index (χ1) is 16.5. The van der Waals surface area contributed by atoms with Gasteiger partial charge in [-0.05, 0) is 17.7 Å². The third-order valence-corrected chi connectivity index (χ3v) is 5.94. The number of hydrogen-bond acceptors (Lipinski definition) is 9. The van der Waals surface area contributed by atoms with Gasteiger partial charge in [0.2, 0.25) is 5.75 Å². The van der Waals surface area contributed by atoms with Gasteiger partial charge in [0.25, 0.3) is 5.69 Å². The molecule has 0 radical (unpaired) electrons. The van der Waals surface area contributed by atoms with Gasteiger partial charge in [0.1, 0.15) is 5.82 Å². The molecule has 3 aromatic carbocycles. The fraction of sp³-hybridized carbons (Fsp3) is 0.167. The van der Waals surface area contributed by atoms with E-state index in [0.717, 1.165) is 16.5 Å². The molecule has 4 aromatic rings. The number of nitrogens with zero attached hydrogens (tertiary/aromatic N) is 3. The van der Waals surface area contributed by atoms with E-state index in [-0.39, 0.29) is 5.69 Å². The predicted octanol–water partition coefficient (Wildman–Crippen LogP) is 5.60. The smallest absolute Gasteiger partial charge is 0.269 e. The van der Waals surface area contributed by atoms with E-state index in [1.54, 1.807) is 33.5 Å². The number of hydrogen-bond donors (Lipinski definition) is 1. The molecule has 0 spiro atoms. The maximum atomic E-state index is 10.9. The molecule has 0 aliphatic rings. The predicted molar refractivity (Wildman–Crippen MR) is 132 cm³/mol. The fourth-order valence-electron chi connectivity index (χ4n) is 3.37. The first-order valence-electron chi connectivity index (χ1n) is 10.2. The van der Waals surface area contributed by atoms with Crippen molar-refractivity contribution in [2.45, 2.75) is 10.9 Å². The summed E-state index contributed by atoms with van der Waals surface area (Å²) >= 11 is 1.45. The van der Waals surface area contributed by atoms with Crippen LogP contribution in [0.25, 0.3) is 10.9 Å². The highest BCUT2D eigenvalue weighted by atomic mass is 32.2. The average molecular weight is 479 g/mol. The number of nitro groups is 1. The third kappa shape index (κ3) is 4.96. The topological polar surface area (TPSA) is 109 Å². The summed E-state index contributed by atoms with van der Waals surface area (Å²) in [4.78, 5) is 19.9. The summed E-state index contributed by atoms with van der Waals surface area (Å²) in [5, 5.41) is 15.7. The Hall–Kier alpha value is -4.05. The van der Waals surface area contributed by atoms with Gasteiger partial charge in [-0.2, -0.15) is 0 Å². The second-order valence-corrected chi connectivity index (χ2v) is 8.07. The minimum atomic E-state index is -0.412. The Bertz CT molecular complexity index is 1310. The Morgan fingerprint density at radius 1 is 0.941 bits per heavy atom. The highest BCUT2D eigenvalue weighted by molar-refractivity contribution is 7.98. The first kappa shape index (κ1) is 23.1. The number of fused-ring (bicyclic) bond motifs is 1. The molecule has 0 saturated carbocycles. The Kier molecular flexibility index (Phi) is 6.98. The lowest BCUT2D eigenvalue weighted by atomic mass is 10.2. The van der Waals surface area contributed by atoms with Crippen LogP contribution < -0.4 is 19.5 Å². The van der Waals surface area contributed by atoms with Gasteiger partial charge in [-0.25, -0.2) is 9.97 Å². The maximum absolute atomic E-state index is 10.9. The van der Waals surface area contributed by atoms with E-state index >= 15 is 0 Å². The number of ether oxygens (including phenoxy) is 3. The molecule has 0 saturated heterocycles. The Balaban J connectivity index is 1.64. The van der Waals surface area contributed by atoms with Crippen molar-refractivity contribution >= 4 is 39.9 Å². The molecule has 9 nitrogen and oxygen atoms in total. The van der Waals surface area contributed by atoms with E-state index in [1.807, 2.05) is 36.4 Å². The molecule has 0 bridgehead atoms. The molecule has 1 aromatic heterocycles. The highest BCUT2D eigenvalue weighted by Gasteiger charge is 2.15. The summed E-state index contributed by atoms with van der Waals surface area (Å²) in [7, 11) is 4.68. The van der Waals surface area contributed by atoms with Crippen molar-refractivity contribution in [3.63, 3.8) is 0 Å². The van der Waals surface area contributed by atoms with Crippen molar-refractivity contribution in [2.75, 3.05) is 26.6 Å². The number of aromatic nitrogens is 2. The second kappa shape index (κ2) is 10.3. The summed E-state index contributed by atoms with van der Waals surface area (Å²) in [5.74, 6) is 2.75. The molecular weight excluding hydrogens is 456 g/mol. The van der Waals surface area contributed by atoms with Crippen molar-refractivity contribution in [1.82, 2.24) is 9.97 Å². The van der Waals surface area contributed by atoms with Crippen LogP contribution in [-0.2, 0) is 5.75 Å². The molecule has 1 N–H and O–H groups in total. The first-order valence-corrected chi connectivity index (χ1v) is 11.2. The standard InChI is InChI=1S/C24H22N4O5S/c1-31-20-12-16(13-21(32-2)22(20)33-3)25-23-18-6-4-5-7-19(18)26-24(27-23)34-14-15-8-10-17(11-9-15)28(29)30/h4-13H,14H2,1-3H3,(H,25,26,27). The molecular formula is C24H22N4O5S. The summed E-state index contributed by atoms with van der Waals surface area (Å²) in [6.07, 6.45) is 0. The number of thioether (sulfide) groups is 1. The van der Waals surface area contributed by atoms with Crippen molar-refractivity contribution in [3.8, 4) is 17.2 Å². The van der Waals surface area contributed by atoms with Crippen molar-refractivity contribution in [2.24, 2.45) is 0 Å². The zero-order valence-corrected chi connectivity index (χ0v) is 19.6. The van der Waals surface area contributed by atoms with E-state index in [1.165, 1.54) is 23.9 Å². The van der Waals surface area contributed by atoms with E-state index in [2.05, 4.69) is 10.3 Å². The van der Waals surface area contributed by atoms with Gasteiger partial charge in [-0.1, -0.05) is 36.0 Å². The molecule has 0 atom stereocenters. The van der Waals surface area contributed by atoms with Crippen LogP contribution in [0.1, 0.15) is 5.56 Å². The van der Waals surface area contributed by atoms with Gasteiger partial charge in [0.15, 0.2) is 16.7 Å². The molecule has 10 heteroatoms. The van der Waals surface area contributed by atoms with Crippen LogP contribution in [0.5, 0.6) is 17.2 Å². The molecule has 174 valence electrons. The summed E-state index contributed by atoms with van der Waals surface area (Å²) in [6, 6.07) is 17.8. The number of non-ortho nitro benzene ring substituents is 1. The lowest BCUT2D eigenvalue weighted by Gasteiger charge is -2.16. The monoisotopic (exact) mass is 478 g/mol. The number of nitrogens with one attached hydrogen (secondary N) is 1. The summed E-state index contributed by atoms with van der Waals surface area (Å²) < 4.78 is 16.3. The van der Waals surface area contributed by atoms with Crippen LogP contribution in [0.4, 0.5) is 17.2 Å². The lowest BCUT2D eigenvalue weighted by molar-refractivity contribution is -0.384. The molecule has 0 aliphatic carbocycles. The van der Waals surface area contributed by atoms with E-state index in [4.69, 9.17) is 19.2 Å². The van der Waals surface area contributed by atoms with Crippen LogP contribution in [-0.4, -0.2) is 36.2 Å². The molecule has 1 heterocycles. The second-order valence-electron chi connectivity index (χ2n) is 7.12. The molecule has 34 heavy (non-hydrogen) atoms. The van der Waals surface area contributed by atoms with Crippen LogP contribution >= 0.6 is 11.8 Å². The van der Waals surface area contributed by atoms with Crippen LogP contribution in [0.15, 0.2) is 65.8 Å². The molecule has 0 fully saturated rings. The van der Waals surface area contributed by atoms with E-state index in [0.29, 0.717) is 39.7 Å². The minimum Gasteiger partial charge on any atom is -0.493 e. The zero-order chi connectivity index (χ0) is 24.1. The average Bonchev–Trinajstić information content (AvgIpc) is 2.87. The fourth-order valence-corrected chi connectivity index (χ4v) is 4.17. The molecule has 0 amide bonds. The normalized spacial score (nSPS) is 10.7.